The molecule has 0 N–H and O–H groups in total. The number of carbonyl (C=O) groups is 2. The monoisotopic (exact) mass is 762 g/mol. The Hall–Kier alpha value is -5.60. The number of ether oxygens (including phenoxy) is 1. The van der Waals surface area contributed by atoms with Gasteiger partial charge in [-0.2, -0.15) is 46.7 Å². The van der Waals surface area contributed by atoms with Crippen molar-refractivity contribution in [3.63, 3.8) is 0 Å². The molecule has 0 aliphatic carbocycles. The van der Waals surface area contributed by atoms with Crippen LogP contribution in [0.15, 0.2) is 85.7 Å². The van der Waals surface area contributed by atoms with Crippen molar-refractivity contribution < 1.29 is 64.6 Å². The Kier molecular flexibility index (Phi) is 13.6. The summed E-state index contributed by atoms with van der Waals surface area (Å²) in [4.78, 5) is 22.7. The second-order valence-corrected chi connectivity index (χ2v) is 12.2. The summed E-state index contributed by atoms with van der Waals surface area (Å²) in [7, 11) is 0. The number of carboxylic acids is 1. The van der Waals surface area contributed by atoms with Gasteiger partial charge in [0.25, 0.3) is 0 Å². The number of rotatable bonds is 11. The molecule has 0 aliphatic heterocycles. The molecule has 4 heterocycles. The first kappa shape index (κ1) is 42.1. The number of benzene rings is 2. The smallest absolute Gasteiger partial charge is 0.545 e. The summed E-state index contributed by atoms with van der Waals surface area (Å²) in [5, 5.41) is 26.2. The summed E-state index contributed by atoms with van der Waals surface area (Å²) in [6.45, 7) is 6.69. The van der Waals surface area contributed by atoms with Crippen molar-refractivity contribution in [2.45, 2.75) is 59.3 Å². The fourth-order valence-corrected chi connectivity index (χ4v) is 5.29. The number of hydrogen-bond acceptors (Lipinski definition) is 8. The summed E-state index contributed by atoms with van der Waals surface area (Å²) in [6, 6.07) is 14.5. The van der Waals surface area contributed by atoms with Crippen molar-refractivity contribution in [1.29, 1.82) is 0 Å². The first-order valence-electron chi connectivity index (χ1n) is 16.3. The predicted molar refractivity (Wildman–Crippen MR) is 178 cm³/mol. The Morgan fingerprint density at radius 1 is 0.618 bits per heavy atom. The van der Waals surface area contributed by atoms with Crippen LogP contribution in [0.3, 0.4) is 0 Å². The molecule has 12 nitrogen and oxygen atoms in total. The van der Waals surface area contributed by atoms with Crippen molar-refractivity contribution in [3.05, 3.63) is 142 Å². The van der Waals surface area contributed by atoms with Gasteiger partial charge in [-0.1, -0.05) is 48.5 Å². The summed E-state index contributed by atoms with van der Waals surface area (Å²) in [5.41, 5.74) is 1.29. The molecule has 0 amide bonds. The molecule has 0 atom stereocenters. The van der Waals surface area contributed by atoms with Crippen molar-refractivity contribution in [1.82, 2.24) is 39.1 Å². The van der Waals surface area contributed by atoms with E-state index in [9.17, 15) is 41.0 Å². The zero-order valence-corrected chi connectivity index (χ0v) is 30.1. The van der Waals surface area contributed by atoms with Gasteiger partial charge in [-0.3, -0.25) is 18.7 Å². The maximum Gasteiger partial charge on any atom is 1.00 e. The third-order valence-electron chi connectivity index (χ3n) is 7.72. The summed E-state index contributed by atoms with van der Waals surface area (Å²) in [5.74, 6) is -2.95. The van der Waals surface area contributed by atoms with Gasteiger partial charge in [0.05, 0.1) is 51.1 Å². The molecule has 55 heavy (non-hydrogen) atoms. The van der Waals surface area contributed by atoms with Gasteiger partial charge in [0.1, 0.15) is 5.56 Å². The van der Waals surface area contributed by atoms with E-state index < -0.39 is 46.8 Å². The number of hydrogen-bond donors (Lipinski definition) is 0. The van der Waals surface area contributed by atoms with E-state index >= 15 is 0 Å². The van der Waals surface area contributed by atoms with Crippen LogP contribution in [-0.4, -0.2) is 57.7 Å². The zero-order chi connectivity index (χ0) is 39.2. The Balaban J connectivity index is 0.000000241. The van der Waals surface area contributed by atoms with Gasteiger partial charge < -0.3 is 14.6 Å². The minimum Gasteiger partial charge on any atom is -0.545 e. The van der Waals surface area contributed by atoms with Crippen LogP contribution in [0.2, 0.25) is 0 Å². The van der Waals surface area contributed by atoms with E-state index in [1.165, 1.54) is 6.92 Å². The number of nitrogens with zero attached hydrogens (tertiary/aromatic N) is 8. The number of aromatic carboxylic acids is 1. The number of alkyl halides is 6. The third kappa shape index (κ3) is 11.4. The van der Waals surface area contributed by atoms with Gasteiger partial charge >= 0.3 is 37.2 Å². The summed E-state index contributed by atoms with van der Waals surface area (Å²) < 4.78 is 88.4. The normalized spacial score (nSPS) is 11.4. The minimum atomic E-state index is -4.85. The number of carboxylic acid groups (broad SMARTS) is 1. The van der Waals surface area contributed by atoms with E-state index in [0.717, 1.165) is 49.6 Å². The molecular weight excluding hydrogens is 729 g/mol. The molecule has 284 valence electrons. The van der Waals surface area contributed by atoms with Gasteiger partial charge in [0.2, 0.25) is 0 Å². The second kappa shape index (κ2) is 17.7. The van der Waals surface area contributed by atoms with Crippen LogP contribution in [0.5, 0.6) is 0 Å². The Morgan fingerprint density at radius 2 is 0.964 bits per heavy atom. The topological polar surface area (TPSA) is 138 Å². The van der Waals surface area contributed by atoms with Crippen molar-refractivity contribution in [3.8, 4) is 0 Å². The van der Waals surface area contributed by atoms with Gasteiger partial charge in [0, 0.05) is 30.4 Å². The average Bonchev–Trinajstić information content (AvgIpc) is 3.90. The van der Waals surface area contributed by atoms with E-state index in [0.29, 0.717) is 18.7 Å². The summed E-state index contributed by atoms with van der Waals surface area (Å²) >= 11 is 0. The molecule has 6 aromatic rings. The molecular formula is C36H33F6LiN8O4. The molecule has 0 fully saturated rings. The number of carbonyl (C=O) groups excluding carboxylic acids is 2. The zero-order valence-electron chi connectivity index (χ0n) is 30.1. The number of halogens is 6. The van der Waals surface area contributed by atoms with E-state index in [2.05, 4.69) is 20.4 Å². The van der Waals surface area contributed by atoms with Crippen LogP contribution in [0.1, 0.15) is 72.4 Å². The third-order valence-corrected chi connectivity index (χ3v) is 7.72. The SMILES string of the molecule is CCOC(=O)c1cn(Cc2ccc(Cn3cc(C)cn3)cc2)nc1C(F)(F)F.Cc1cnn(Cc2ccc(Cn3cc(C(=O)[O-])c(C(F)(F)F)n3)cc2)c1.[Li+]. The molecule has 0 spiro atoms. The predicted octanol–water partition coefficient (Wildman–Crippen LogP) is 2.55. The maximum absolute atomic E-state index is 13.2. The van der Waals surface area contributed by atoms with Crippen molar-refractivity contribution >= 4 is 11.9 Å². The van der Waals surface area contributed by atoms with Crippen LogP contribution in [0.25, 0.3) is 0 Å². The van der Waals surface area contributed by atoms with Crippen LogP contribution >= 0.6 is 0 Å². The molecule has 0 saturated carbocycles. The molecule has 0 aliphatic rings. The minimum absolute atomic E-state index is 0. The fraction of sp³-hybridized carbons (Fsp3) is 0.278. The number of esters is 1. The fourth-order valence-electron chi connectivity index (χ4n) is 5.29. The molecule has 0 unspecified atom stereocenters. The summed E-state index contributed by atoms with van der Waals surface area (Å²) in [6.07, 6.45) is -0.346. The van der Waals surface area contributed by atoms with Crippen molar-refractivity contribution in [2.24, 2.45) is 0 Å². The molecule has 2 aromatic carbocycles. The van der Waals surface area contributed by atoms with Crippen LogP contribution in [0, 0.1) is 13.8 Å². The second-order valence-electron chi connectivity index (χ2n) is 12.2. The first-order valence-corrected chi connectivity index (χ1v) is 16.3. The maximum atomic E-state index is 13.2. The number of aryl methyl sites for hydroxylation is 2. The van der Waals surface area contributed by atoms with Crippen LogP contribution in [-0.2, 0) is 43.3 Å². The molecule has 0 bridgehead atoms. The Morgan fingerprint density at radius 3 is 1.25 bits per heavy atom. The standard InChI is InChI=1S/C19H19F3N4O2.C17H15F3N4O2.Li/c1-3-28-18(27)16-12-26(24-17(16)19(20,21)22)11-15-6-4-14(5-7-15)10-25-9-13(2)8-23-25;1-11-6-21-23(7-11)8-12-2-4-13(5-3-12)9-24-10-14(16(25)26)15(22-24)17(18,19)20;/h4-9,12H,3,10-11H2,1-2H3;2-7,10H,8-9H2,1H3,(H,25,26);/q;;+1/p-1. The van der Waals surface area contributed by atoms with Crippen LogP contribution in [0.4, 0.5) is 26.3 Å². The van der Waals surface area contributed by atoms with Gasteiger partial charge in [-0.25, -0.2) is 4.79 Å². The first-order chi connectivity index (χ1) is 25.5. The van der Waals surface area contributed by atoms with E-state index in [1.807, 2.05) is 62.6 Å². The van der Waals surface area contributed by atoms with Gasteiger partial charge in [-0.15, -0.1) is 0 Å². The number of aromatic nitrogens is 8. The Labute approximate surface area is 322 Å². The molecule has 4 aromatic heterocycles. The van der Waals surface area contributed by atoms with Crippen LogP contribution < -0.4 is 24.0 Å². The molecule has 6 rings (SSSR count). The van der Waals surface area contributed by atoms with E-state index in [4.69, 9.17) is 4.74 Å². The molecule has 19 heteroatoms. The molecule has 0 saturated heterocycles. The van der Waals surface area contributed by atoms with Gasteiger partial charge in [-0.05, 0) is 54.2 Å². The van der Waals surface area contributed by atoms with Gasteiger partial charge in [0.15, 0.2) is 11.4 Å². The quantitative estimate of drug-likeness (QED) is 0.112. The van der Waals surface area contributed by atoms with Crippen molar-refractivity contribution in [2.75, 3.05) is 6.61 Å². The average molecular weight is 763 g/mol. The largest absolute Gasteiger partial charge is 1.00 e. The van der Waals surface area contributed by atoms with E-state index in [1.54, 1.807) is 33.9 Å². The Bertz CT molecular complexity index is 2200. The van der Waals surface area contributed by atoms with E-state index in [-0.39, 0.29) is 38.6 Å². The molecule has 0 radical (unpaired) electrons.